The smallest absolute Gasteiger partial charge is 0.252 e. The summed E-state index contributed by atoms with van der Waals surface area (Å²) in [5.74, 6) is 0.334. The second-order valence-corrected chi connectivity index (χ2v) is 3.63. The van der Waals surface area contributed by atoms with Crippen LogP contribution in [-0.2, 0) is 0 Å². The molecule has 0 aliphatic heterocycles. The van der Waals surface area contributed by atoms with E-state index in [1.807, 2.05) is 25.3 Å². The van der Waals surface area contributed by atoms with E-state index in [0.29, 0.717) is 11.6 Å². The van der Waals surface area contributed by atoms with Gasteiger partial charge in [-0.25, -0.2) is 10.4 Å². The molecule has 2 rings (SSSR count). The highest BCUT2D eigenvalue weighted by molar-refractivity contribution is 5.97. The monoisotopic (exact) mass is 231 g/mol. The van der Waals surface area contributed by atoms with Crippen molar-refractivity contribution in [3.63, 3.8) is 0 Å². The number of nitrogens with one attached hydrogen (secondary N) is 3. The van der Waals surface area contributed by atoms with Crippen LogP contribution in [0.15, 0.2) is 34.3 Å². The van der Waals surface area contributed by atoms with Gasteiger partial charge in [0.25, 0.3) is 5.56 Å². The summed E-state index contributed by atoms with van der Waals surface area (Å²) < 4.78 is 0. The molecule has 0 fully saturated rings. The molecule has 0 aromatic carbocycles. The second-order valence-electron chi connectivity index (χ2n) is 3.63. The first-order valence-corrected chi connectivity index (χ1v) is 5.17. The van der Waals surface area contributed by atoms with Crippen molar-refractivity contribution in [2.45, 2.75) is 13.8 Å². The van der Waals surface area contributed by atoms with E-state index >= 15 is 0 Å². The second kappa shape index (κ2) is 4.65. The minimum absolute atomic E-state index is 0.201. The third kappa shape index (κ3) is 2.81. The molecule has 0 amide bonds. The Kier molecular flexibility index (Phi) is 3.04. The van der Waals surface area contributed by atoms with Gasteiger partial charge in [0.05, 0.1) is 11.4 Å². The van der Waals surface area contributed by atoms with Gasteiger partial charge in [-0.05, 0) is 26.0 Å². The quantitative estimate of drug-likeness (QED) is 0.548. The number of nitrogens with zero attached hydrogens (tertiary/aromatic N) is 2. The van der Waals surface area contributed by atoms with E-state index in [1.165, 1.54) is 6.07 Å². The van der Waals surface area contributed by atoms with E-state index in [9.17, 15) is 4.79 Å². The van der Waals surface area contributed by atoms with Gasteiger partial charge in [-0.3, -0.25) is 9.78 Å². The van der Waals surface area contributed by atoms with Gasteiger partial charge < -0.3 is 4.98 Å². The number of hydrazone groups is 1. The number of aryl methyl sites for hydroxylation is 1. The first-order valence-electron chi connectivity index (χ1n) is 5.17. The van der Waals surface area contributed by atoms with Gasteiger partial charge in [-0.1, -0.05) is 0 Å². The molecule has 6 heteroatoms. The molecule has 0 saturated carbocycles. The lowest BCUT2D eigenvalue weighted by molar-refractivity contribution is 1.04. The molecule has 2 aromatic heterocycles. The summed E-state index contributed by atoms with van der Waals surface area (Å²) in [5.41, 5.74) is 4.84. The Bertz CT molecular complexity index is 582. The average molecular weight is 231 g/mol. The summed E-state index contributed by atoms with van der Waals surface area (Å²) in [5, 5.41) is 4.12. The Morgan fingerprint density at radius 2 is 2.35 bits per heavy atom. The SMILES string of the molecule is C/C(=N\Nc1nc(C)cc(=O)[nH]1)c1ccc[nH]1. The van der Waals surface area contributed by atoms with E-state index in [4.69, 9.17) is 0 Å². The third-order valence-corrected chi connectivity index (χ3v) is 2.19. The third-order valence-electron chi connectivity index (χ3n) is 2.19. The van der Waals surface area contributed by atoms with Gasteiger partial charge in [-0.15, -0.1) is 0 Å². The van der Waals surface area contributed by atoms with Crippen molar-refractivity contribution in [1.82, 2.24) is 15.0 Å². The van der Waals surface area contributed by atoms with Crippen molar-refractivity contribution in [1.29, 1.82) is 0 Å². The van der Waals surface area contributed by atoms with Gasteiger partial charge in [-0.2, -0.15) is 5.10 Å². The molecule has 3 N–H and O–H groups in total. The fourth-order valence-electron chi connectivity index (χ4n) is 1.38. The number of hydrogen-bond donors (Lipinski definition) is 3. The van der Waals surface area contributed by atoms with E-state index < -0.39 is 0 Å². The summed E-state index contributed by atoms with van der Waals surface area (Å²) in [6, 6.07) is 5.22. The van der Waals surface area contributed by atoms with Crippen LogP contribution in [0.25, 0.3) is 0 Å². The average Bonchev–Trinajstić information content (AvgIpc) is 2.78. The van der Waals surface area contributed by atoms with E-state index in [0.717, 1.165) is 11.4 Å². The van der Waals surface area contributed by atoms with Crippen molar-refractivity contribution >= 4 is 11.7 Å². The summed E-state index contributed by atoms with van der Waals surface area (Å²) in [6.45, 7) is 3.61. The molecule has 2 heterocycles. The zero-order chi connectivity index (χ0) is 12.3. The molecular weight excluding hydrogens is 218 g/mol. The predicted molar refractivity (Wildman–Crippen MR) is 66.2 cm³/mol. The van der Waals surface area contributed by atoms with Crippen LogP contribution in [0.1, 0.15) is 18.3 Å². The lowest BCUT2D eigenvalue weighted by atomic mass is 10.3. The number of rotatable bonds is 3. The molecule has 0 aliphatic carbocycles. The maximum absolute atomic E-state index is 11.2. The van der Waals surface area contributed by atoms with Crippen LogP contribution in [-0.4, -0.2) is 20.7 Å². The van der Waals surface area contributed by atoms with Crippen LogP contribution < -0.4 is 11.0 Å². The van der Waals surface area contributed by atoms with Gasteiger partial charge in [0.15, 0.2) is 0 Å². The lowest BCUT2D eigenvalue weighted by Gasteiger charge is -2.01. The molecule has 17 heavy (non-hydrogen) atoms. The van der Waals surface area contributed by atoms with E-state index in [-0.39, 0.29) is 5.56 Å². The van der Waals surface area contributed by atoms with Crippen LogP contribution in [0.3, 0.4) is 0 Å². The van der Waals surface area contributed by atoms with Gasteiger partial charge in [0.1, 0.15) is 0 Å². The topological polar surface area (TPSA) is 85.9 Å². The first kappa shape index (κ1) is 11.1. The van der Waals surface area contributed by atoms with Crippen LogP contribution in [0.5, 0.6) is 0 Å². The first-order chi connectivity index (χ1) is 8.15. The predicted octanol–water partition coefficient (Wildman–Crippen LogP) is 1.24. The molecule has 88 valence electrons. The van der Waals surface area contributed by atoms with Crippen LogP contribution >= 0.6 is 0 Å². The van der Waals surface area contributed by atoms with E-state index in [2.05, 4.69) is 25.5 Å². The highest BCUT2D eigenvalue weighted by Gasteiger charge is 1.99. The standard InChI is InChI=1S/C11H13N5O/c1-7-6-10(17)14-11(13-7)16-15-8(2)9-4-3-5-12-9/h3-6,12H,1-2H3,(H2,13,14,16,17)/b15-8+. The highest BCUT2D eigenvalue weighted by Crippen LogP contribution is 1.99. The van der Waals surface area contributed by atoms with Crippen molar-refractivity contribution in [2.75, 3.05) is 5.43 Å². The zero-order valence-corrected chi connectivity index (χ0v) is 9.61. The maximum atomic E-state index is 11.2. The Labute approximate surface area is 97.8 Å². The summed E-state index contributed by atoms with van der Waals surface area (Å²) in [4.78, 5) is 20.9. The summed E-state index contributed by atoms with van der Waals surface area (Å²) in [6.07, 6.45) is 1.82. The lowest BCUT2D eigenvalue weighted by Crippen LogP contribution is -2.11. The Balaban J connectivity index is 2.17. The Morgan fingerprint density at radius 1 is 1.53 bits per heavy atom. The fraction of sp³-hybridized carbons (Fsp3) is 0.182. The highest BCUT2D eigenvalue weighted by atomic mass is 16.1. The van der Waals surface area contributed by atoms with Gasteiger partial charge in [0.2, 0.25) is 5.95 Å². The van der Waals surface area contributed by atoms with Crippen molar-refractivity contribution in [2.24, 2.45) is 5.10 Å². The molecule has 0 radical (unpaired) electrons. The van der Waals surface area contributed by atoms with Crippen molar-refractivity contribution in [3.05, 3.63) is 46.1 Å². The molecular formula is C11H13N5O. The Morgan fingerprint density at radius 3 is 3.00 bits per heavy atom. The normalized spacial score (nSPS) is 11.5. The number of hydrogen-bond acceptors (Lipinski definition) is 4. The van der Waals surface area contributed by atoms with Crippen molar-refractivity contribution < 1.29 is 0 Å². The maximum Gasteiger partial charge on any atom is 0.252 e. The number of aromatic nitrogens is 3. The summed E-state index contributed by atoms with van der Waals surface area (Å²) in [7, 11) is 0. The molecule has 6 nitrogen and oxygen atoms in total. The summed E-state index contributed by atoms with van der Waals surface area (Å²) >= 11 is 0. The molecule has 0 atom stereocenters. The minimum Gasteiger partial charge on any atom is -0.360 e. The van der Waals surface area contributed by atoms with Gasteiger partial charge in [0, 0.05) is 18.0 Å². The van der Waals surface area contributed by atoms with Crippen LogP contribution in [0.4, 0.5) is 5.95 Å². The number of H-pyrrole nitrogens is 2. The molecule has 2 aromatic rings. The molecule has 0 unspecified atom stereocenters. The van der Waals surface area contributed by atoms with Crippen LogP contribution in [0.2, 0.25) is 0 Å². The number of anilines is 1. The van der Waals surface area contributed by atoms with Crippen molar-refractivity contribution in [3.8, 4) is 0 Å². The van der Waals surface area contributed by atoms with E-state index in [1.54, 1.807) is 6.92 Å². The van der Waals surface area contributed by atoms with Gasteiger partial charge >= 0.3 is 0 Å². The minimum atomic E-state index is -0.201. The Hall–Kier alpha value is -2.37. The molecule has 0 bridgehead atoms. The molecule has 0 saturated heterocycles. The molecule has 0 spiro atoms. The number of aromatic amines is 2. The largest absolute Gasteiger partial charge is 0.360 e. The van der Waals surface area contributed by atoms with Crippen LogP contribution in [0, 0.1) is 6.92 Å². The fourth-order valence-corrected chi connectivity index (χ4v) is 1.38. The zero-order valence-electron chi connectivity index (χ0n) is 9.61. The molecule has 0 aliphatic rings.